The molecule has 108 valence electrons. The molecule has 2 atom stereocenters. The van der Waals surface area contributed by atoms with Gasteiger partial charge in [-0.25, -0.2) is 0 Å². The lowest BCUT2D eigenvalue weighted by Crippen LogP contribution is -2.32. The van der Waals surface area contributed by atoms with Crippen LogP contribution in [0.25, 0.3) is 0 Å². The molecule has 1 aliphatic rings. The summed E-state index contributed by atoms with van der Waals surface area (Å²) in [6.07, 6.45) is 2.24. The predicted octanol–water partition coefficient (Wildman–Crippen LogP) is 2.25. The fourth-order valence-electron chi connectivity index (χ4n) is 2.38. The number of benzene rings is 1. The number of hydrogen-bond acceptors (Lipinski definition) is 4. The number of hydrogen-bond donors (Lipinski definition) is 2. The number of non-ortho nitro benzene ring substituents is 1. The van der Waals surface area contributed by atoms with Gasteiger partial charge in [0.15, 0.2) is 0 Å². The number of nitrogens with zero attached hydrogens (tertiary/aromatic N) is 1. The molecule has 7 heteroatoms. The van der Waals surface area contributed by atoms with Gasteiger partial charge >= 0.3 is 0 Å². The molecular formula is C13H15BrN2O4. The van der Waals surface area contributed by atoms with Crippen molar-refractivity contribution in [1.29, 1.82) is 0 Å². The first-order chi connectivity index (χ1) is 9.49. The van der Waals surface area contributed by atoms with Crippen molar-refractivity contribution in [2.24, 2.45) is 5.92 Å². The summed E-state index contributed by atoms with van der Waals surface area (Å²) in [4.78, 5) is 22.2. The van der Waals surface area contributed by atoms with E-state index in [4.69, 9.17) is 0 Å². The van der Waals surface area contributed by atoms with Crippen molar-refractivity contribution >= 4 is 27.5 Å². The fraction of sp³-hybridized carbons (Fsp3) is 0.462. The average molecular weight is 343 g/mol. The quantitative estimate of drug-likeness (QED) is 0.648. The van der Waals surface area contributed by atoms with E-state index in [-0.39, 0.29) is 29.2 Å². The second-order valence-corrected chi connectivity index (χ2v) is 5.74. The molecule has 1 aromatic rings. The number of amides is 1. The van der Waals surface area contributed by atoms with Crippen LogP contribution in [0.15, 0.2) is 22.7 Å². The van der Waals surface area contributed by atoms with E-state index >= 15 is 0 Å². The number of aliphatic hydroxyl groups excluding tert-OH is 1. The molecule has 0 heterocycles. The summed E-state index contributed by atoms with van der Waals surface area (Å²) >= 11 is 3.21. The SMILES string of the molecule is O=C(NCC1CCCC1O)c1cc([N+](=O)[O-])ccc1Br. The van der Waals surface area contributed by atoms with E-state index in [0.717, 1.165) is 19.3 Å². The first-order valence-electron chi connectivity index (χ1n) is 6.39. The van der Waals surface area contributed by atoms with Crippen LogP contribution < -0.4 is 5.32 Å². The molecule has 1 saturated carbocycles. The van der Waals surface area contributed by atoms with E-state index in [1.807, 2.05) is 0 Å². The van der Waals surface area contributed by atoms with Crippen LogP contribution >= 0.6 is 15.9 Å². The van der Waals surface area contributed by atoms with Crippen molar-refractivity contribution < 1.29 is 14.8 Å². The molecule has 1 aromatic carbocycles. The maximum absolute atomic E-state index is 12.1. The molecule has 0 spiro atoms. The number of carbonyl (C=O) groups is 1. The van der Waals surface area contributed by atoms with Crippen LogP contribution in [0.2, 0.25) is 0 Å². The van der Waals surface area contributed by atoms with Crippen LogP contribution in [0.3, 0.4) is 0 Å². The predicted molar refractivity (Wildman–Crippen MR) is 76.5 cm³/mol. The average Bonchev–Trinajstić information content (AvgIpc) is 2.81. The smallest absolute Gasteiger partial charge is 0.270 e. The first-order valence-corrected chi connectivity index (χ1v) is 7.18. The molecule has 0 aromatic heterocycles. The molecule has 0 radical (unpaired) electrons. The molecule has 0 bridgehead atoms. The van der Waals surface area contributed by atoms with Gasteiger partial charge in [-0.3, -0.25) is 14.9 Å². The zero-order chi connectivity index (χ0) is 14.7. The zero-order valence-corrected chi connectivity index (χ0v) is 12.3. The van der Waals surface area contributed by atoms with Crippen LogP contribution in [0.4, 0.5) is 5.69 Å². The number of nitrogens with one attached hydrogen (secondary N) is 1. The van der Waals surface area contributed by atoms with Crippen molar-refractivity contribution in [3.05, 3.63) is 38.3 Å². The van der Waals surface area contributed by atoms with Gasteiger partial charge in [-0.05, 0) is 34.8 Å². The maximum Gasteiger partial charge on any atom is 0.270 e. The number of aliphatic hydroxyl groups is 1. The van der Waals surface area contributed by atoms with Crippen LogP contribution in [-0.4, -0.2) is 28.6 Å². The number of halogens is 1. The highest BCUT2D eigenvalue weighted by molar-refractivity contribution is 9.10. The second-order valence-electron chi connectivity index (χ2n) is 4.89. The van der Waals surface area contributed by atoms with E-state index < -0.39 is 4.92 Å². The largest absolute Gasteiger partial charge is 0.393 e. The Hall–Kier alpha value is -1.47. The summed E-state index contributed by atoms with van der Waals surface area (Å²) in [7, 11) is 0. The minimum atomic E-state index is -0.538. The summed E-state index contributed by atoms with van der Waals surface area (Å²) in [5.74, 6) is -0.309. The Morgan fingerprint density at radius 1 is 1.50 bits per heavy atom. The Balaban J connectivity index is 2.05. The lowest BCUT2D eigenvalue weighted by atomic mass is 10.1. The van der Waals surface area contributed by atoms with Crippen LogP contribution in [0, 0.1) is 16.0 Å². The summed E-state index contributed by atoms with van der Waals surface area (Å²) in [6.45, 7) is 0.384. The summed E-state index contributed by atoms with van der Waals surface area (Å²) in [5.41, 5.74) is 0.103. The van der Waals surface area contributed by atoms with Crippen molar-refractivity contribution in [3.8, 4) is 0 Å². The van der Waals surface area contributed by atoms with E-state index in [1.54, 1.807) is 0 Å². The summed E-state index contributed by atoms with van der Waals surface area (Å²) in [5, 5.41) is 23.1. The molecule has 2 rings (SSSR count). The summed E-state index contributed by atoms with van der Waals surface area (Å²) < 4.78 is 0.507. The molecule has 0 saturated heterocycles. The van der Waals surface area contributed by atoms with Crippen molar-refractivity contribution in [3.63, 3.8) is 0 Å². The third-order valence-electron chi connectivity index (χ3n) is 3.55. The van der Waals surface area contributed by atoms with Crippen LogP contribution in [0.5, 0.6) is 0 Å². The van der Waals surface area contributed by atoms with E-state index in [2.05, 4.69) is 21.2 Å². The highest BCUT2D eigenvalue weighted by Crippen LogP contribution is 2.25. The van der Waals surface area contributed by atoms with Gasteiger partial charge in [0.05, 0.1) is 16.6 Å². The third kappa shape index (κ3) is 3.34. The Morgan fingerprint density at radius 2 is 2.25 bits per heavy atom. The van der Waals surface area contributed by atoms with Gasteiger partial charge in [0, 0.05) is 29.1 Å². The topological polar surface area (TPSA) is 92.5 Å². The van der Waals surface area contributed by atoms with E-state index in [9.17, 15) is 20.0 Å². The van der Waals surface area contributed by atoms with Crippen molar-refractivity contribution in [1.82, 2.24) is 5.32 Å². The minimum Gasteiger partial charge on any atom is -0.393 e. The second kappa shape index (κ2) is 6.32. The first kappa shape index (κ1) is 14.9. The molecule has 0 aliphatic heterocycles. The molecule has 1 aliphatic carbocycles. The molecule has 20 heavy (non-hydrogen) atoms. The zero-order valence-electron chi connectivity index (χ0n) is 10.7. The van der Waals surface area contributed by atoms with Gasteiger partial charge in [0.2, 0.25) is 0 Å². The highest BCUT2D eigenvalue weighted by Gasteiger charge is 2.26. The van der Waals surface area contributed by atoms with Gasteiger partial charge < -0.3 is 10.4 Å². The third-order valence-corrected chi connectivity index (χ3v) is 4.24. The Labute approximate surface area is 124 Å². The van der Waals surface area contributed by atoms with E-state index in [1.165, 1.54) is 18.2 Å². The molecule has 2 unspecified atom stereocenters. The lowest BCUT2D eigenvalue weighted by Gasteiger charge is -2.15. The molecule has 6 nitrogen and oxygen atoms in total. The van der Waals surface area contributed by atoms with Gasteiger partial charge in [0.25, 0.3) is 11.6 Å². The van der Waals surface area contributed by atoms with Gasteiger partial charge in [-0.15, -0.1) is 0 Å². The number of rotatable bonds is 4. The summed E-state index contributed by atoms with van der Waals surface area (Å²) in [6, 6.07) is 4.06. The highest BCUT2D eigenvalue weighted by atomic mass is 79.9. The number of carbonyl (C=O) groups excluding carboxylic acids is 1. The maximum atomic E-state index is 12.1. The Kier molecular flexibility index (Phi) is 4.72. The fourth-order valence-corrected chi connectivity index (χ4v) is 2.80. The molecule has 1 fully saturated rings. The Bertz CT molecular complexity index is 535. The standard InChI is InChI=1S/C13H15BrN2O4/c14-11-5-4-9(16(19)20)6-10(11)13(18)15-7-8-2-1-3-12(8)17/h4-6,8,12,17H,1-3,7H2,(H,15,18). The van der Waals surface area contributed by atoms with Gasteiger partial charge in [-0.1, -0.05) is 6.42 Å². The minimum absolute atomic E-state index is 0.0661. The van der Waals surface area contributed by atoms with Crippen molar-refractivity contribution in [2.45, 2.75) is 25.4 Å². The van der Waals surface area contributed by atoms with Crippen molar-refractivity contribution in [2.75, 3.05) is 6.54 Å². The molecule has 2 N–H and O–H groups in total. The monoisotopic (exact) mass is 342 g/mol. The number of nitro benzene ring substituents is 1. The number of nitro groups is 1. The normalized spacial score (nSPS) is 21.7. The van der Waals surface area contributed by atoms with E-state index in [0.29, 0.717) is 11.0 Å². The van der Waals surface area contributed by atoms with Gasteiger partial charge in [-0.2, -0.15) is 0 Å². The van der Waals surface area contributed by atoms with Crippen LogP contribution in [-0.2, 0) is 0 Å². The van der Waals surface area contributed by atoms with Gasteiger partial charge in [0.1, 0.15) is 0 Å². The van der Waals surface area contributed by atoms with Crippen LogP contribution in [0.1, 0.15) is 29.6 Å². The lowest BCUT2D eigenvalue weighted by molar-refractivity contribution is -0.384. The molecular weight excluding hydrogens is 328 g/mol. The Morgan fingerprint density at radius 3 is 2.85 bits per heavy atom. The molecule has 1 amide bonds.